The second-order valence-electron chi connectivity index (χ2n) is 6.95. The van der Waals surface area contributed by atoms with E-state index < -0.39 is 0 Å². The molecule has 1 heterocycles. The number of benzene rings is 2. The fourth-order valence-electron chi connectivity index (χ4n) is 3.77. The van der Waals surface area contributed by atoms with E-state index in [1.54, 1.807) is 28.4 Å². The maximum Gasteiger partial charge on any atom is 0.227 e. The van der Waals surface area contributed by atoms with Crippen molar-refractivity contribution in [3.63, 3.8) is 0 Å². The molecule has 0 aliphatic heterocycles. The largest absolute Gasteiger partial charge is 0.306 e. The molecule has 0 saturated heterocycles. The fourth-order valence-corrected chi connectivity index (χ4v) is 4.37. The zero-order valence-corrected chi connectivity index (χ0v) is 16.0. The minimum atomic E-state index is -0.305. The lowest BCUT2D eigenvalue weighted by atomic mass is 9.97. The predicted molar refractivity (Wildman–Crippen MR) is 107 cm³/mol. The summed E-state index contributed by atoms with van der Waals surface area (Å²) >= 11 is 1.57. The van der Waals surface area contributed by atoms with Crippen molar-refractivity contribution in [3.05, 3.63) is 81.6 Å². The normalized spacial score (nSPS) is 15.6. The van der Waals surface area contributed by atoms with Crippen LogP contribution in [0.3, 0.4) is 0 Å². The Balaban J connectivity index is 1.58. The molecule has 3 aromatic rings. The average molecular weight is 380 g/mol. The summed E-state index contributed by atoms with van der Waals surface area (Å²) in [6.07, 6.45) is 2.48. The number of hydrogen-bond donors (Lipinski definition) is 0. The van der Waals surface area contributed by atoms with Crippen molar-refractivity contribution in [2.24, 2.45) is 0 Å². The van der Waals surface area contributed by atoms with Gasteiger partial charge in [-0.2, -0.15) is 0 Å². The van der Waals surface area contributed by atoms with Gasteiger partial charge in [0.05, 0.1) is 17.2 Å². The topological polar surface area (TPSA) is 33.2 Å². The van der Waals surface area contributed by atoms with E-state index in [1.807, 2.05) is 18.4 Å². The maximum atomic E-state index is 13.4. The first-order valence-corrected chi connectivity index (χ1v) is 10.0. The Labute approximate surface area is 162 Å². The third-order valence-electron chi connectivity index (χ3n) is 5.10. The van der Waals surface area contributed by atoms with Gasteiger partial charge >= 0.3 is 0 Å². The molecule has 5 heteroatoms. The number of hydrogen-bond acceptors (Lipinski definition) is 3. The van der Waals surface area contributed by atoms with Gasteiger partial charge in [0, 0.05) is 17.5 Å². The zero-order chi connectivity index (χ0) is 18.8. The fraction of sp³-hybridized carbons (Fsp3) is 0.273. The number of carbonyl (C=O) groups is 1. The lowest BCUT2D eigenvalue weighted by molar-refractivity contribution is -0.119. The van der Waals surface area contributed by atoms with E-state index in [0.29, 0.717) is 18.7 Å². The van der Waals surface area contributed by atoms with Gasteiger partial charge in [0.15, 0.2) is 0 Å². The van der Waals surface area contributed by atoms with Gasteiger partial charge in [-0.3, -0.25) is 4.79 Å². The molecule has 4 rings (SSSR count). The number of nitrogens with zero attached hydrogens (tertiary/aromatic N) is 2. The van der Waals surface area contributed by atoms with E-state index in [4.69, 9.17) is 0 Å². The van der Waals surface area contributed by atoms with Crippen LogP contribution in [0.15, 0.2) is 53.9 Å². The zero-order valence-electron chi connectivity index (χ0n) is 15.2. The van der Waals surface area contributed by atoms with Crippen LogP contribution in [0.4, 0.5) is 10.1 Å². The smallest absolute Gasteiger partial charge is 0.227 e. The summed E-state index contributed by atoms with van der Waals surface area (Å²) in [6.45, 7) is 2.36. The lowest BCUT2D eigenvalue weighted by Gasteiger charge is -2.24. The van der Waals surface area contributed by atoms with E-state index in [1.165, 1.54) is 23.3 Å². The molecule has 0 spiro atoms. The molecular weight excluding hydrogens is 359 g/mol. The molecule has 1 amide bonds. The van der Waals surface area contributed by atoms with Gasteiger partial charge in [0.25, 0.3) is 0 Å². The van der Waals surface area contributed by atoms with Crippen molar-refractivity contribution in [3.8, 4) is 0 Å². The number of anilines is 1. The summed E-state index contributed by atoms with van der Waals surface area (Å²) in [6, 6.07) is 14.5. The molecule has 0 N–H and O–H groups in total. The summed E-state index contributed by atoms with van der Waals surface area (Å²) in [4.78, 5) is 19.4. The molecule has 27 heavy (non-hydrogen) atoms. The molecule has 1 unspecified atom stereocenters. The number of fused-ring (bicyclic) bond motifs is 1. The van der Waals surface area contributed by atoms with Crippen molar-refractivity contribution in [1.29, 1.82) is 0 Å². The number of aryl methyl sites for hydroxylation is 2. The van der Waals surface area contributed by atoms with Crippen LogP contribution in [-0.4, -0.2) is 10.9 Å². The molecule has 1 aromatic heterocycles. The van der Waals surface area contributed by atoms with Crippen molar-refractivity contribution >= 4 is 22.9 Å². The van der Waals surface area contributed by atoms with E-state index in [-0.39, 0.29) is 17.6 Å². The first-order valence-electron chi connectivity index (χ1n) is 9.15. The highest BCUT2D eigenvalue weighted by atomic mass is 32.1. The van der Waals surface area contributed by atoms with Gasteiger partial charge in [-0.25, -0.2) is 9.37 Å². The summed E-state index contributed by atoms with van der Waals surface area (Å²) in [7, 11) is 0. The van der Waals surface area contributed by atoms with Gasteiger partial charge in [0.1, 0.15) is 5.82 Å². The van der Waals surface area contributed by atoms with Gasteiger partial charge in [-0.1, -0.05) is 24.3 Å². The van der Waals surface area contributed by atoms with Gasteiger partial charge in [-0.15, -0.1) is 11.3 Å². The van der Waals surface area contributed by atoms with Gasteiger partial charge in [0.2, 0.25) is 5.91 Å². The second kappa shape index (κ2) is 7.61. The Bertz CT molecular complexity index is 951. The van der Waals surface area contributed by atoms with Crippen LogP contribution in [0, 0.1) is 12.7 Å². The number of aromatic nitrogens is 1. The molecule has 1 aliphatic carbocycles. The molecular formula is C22H21FN2OS. The third-order valence-corrected chi connectivity index (χ3v) is 5.93. The van der Waals surface area contributed by atoms with Crippen molar-refractivity contribution in [2.45, 2.75) is 38.6 Å². The monoisotopic (exact) mass is 380 g/mol. The quantitative estimate of drug-likeness (QED) is 0.606. The van der Waals surface area contributed by atoms with Crippen LogP contribution < -0.4 is 4.90 Å². The molecule has 3 nitrogen and oxygen atoms in total. The predicted octanol–water partition coefficient (Wildman–Crippen LogP) is 5.24. The highest BCUT2D eigenvalue weighted by Crippen LogP contribution is 2.36. The Hall–Kier alpha value is -2.53. The molecule has 0 fully saturated rings. The molecule has 0 bridgehead atoms. The summed E-state index contributed by atoms with van der Waals surface area (Å²) < 4.78 is 13.4. The Morgan fingerprint density at radius 2 is 2.00 bits per heavy atom. The minimum absolute atomic E-state index is 0.0500. The molecule has 0 radical (unpaired) electrons. The number of carbonyl (C=O) groups excluding carboxylic acids is 1. The summed E-state index contributed by atoms with van der Waals surface area (Å²) in [5.41, 5.74) is 4.20. The number of halogens is 1. The third kappa shape index (κ3) is 3.93. The molecule has 138 valence electrons. The molecule has 2 aromatic carbocycles. The Morgan fingerprint density at radius 1 is 1.22 bits per heavy atom. The number of thiazole rings is 1. The van der Waals surface area contributed by atoms with Crippen molar-refractivity contribution in [2.75, 3.05) is 4.90 Å². The van der Waals surface area contributed by atoms with Gasteiger partial charge in [-0.05, 0) is 61.1 Å². The summed E-state index contributed by atoms with van der Waals surface area (Å²) in [5, 5.41) is 2.95. The Kier molecular flexibility index (Phi) is 5.03. The van der Waals surface area contributed by atoms with Crippen molar-refractivity contribution < 1.29 is 9.18 Å². The minimum Gasteiger partial charge on any atom is -0.306 e. The van der Waals surface area contributed by atoms with Crippen LogP contribution in [0.2, 0.25) is 0 Å². The van der Waals surface area contributed by atoms with E-state index in [2.05, 4.69) is 23.2 Å². The highest BCUT2D eigenvalue weighted by molar-refractivity contribution is 7.09. The van der Waals surface area contributed by atoms with Crippen molar-refractivity contribution in [1.82, 2.24) is 4.98 Å². The standard InChI is InChI=1S/C22H21FN2OS/c1-15-24-19(14-27-15)13-25(20-10-8-18(23)9-11-20)22(26)12-17-7-6-16-4-2-3-5-21(16)17/h2-5,8-11,14,17H,6-7,12-13H2,1H3. The van der Waals surface area contributed by atoms with Crippen LogP contribution in [-0.2, 0) is 17.8 Å². The Morgan fingerprint density at radius 3 is 2.74 bits per heavy atom. The van der Waals surface area contributed by atoms with E-state index >= 15 is 0 Å². The number of rotatable bonds is 5. The molecule has 1 atom stereocenters. The average Bonchev–Trinajstić information content (AvgIpc) is 3.27. The number of amides is 1. The van der Waals surface area contributed by atoms with Crippen LogP contribution in [0.5, 0.6) is 0 Å². The van der Waals surface area contributed by atoms with Gasteiger partial charge < -0.3 is 4.90 Å². The van der Waals surface area contributed by atoms with Crippen LogP contribution >= 0.6 is 11.3 Å². The first kappa shape index (κ1) is 17.9. The first-order chi connectivity index (χ1) is 13.1. The maximum absolute atomic E-state index is 13.4. The molecule has 1 aliphatic rings. The van der Waals surface area contributed by atoms with E-state index in [9.17, 15) is 9.18 Å². The van der Waals surface area contributed by atoms with Crippen LogP contribution in [0.25, 0.3) is 0 Å². The molecule has 0 saturated carbocycles. The summed E-state index contributed by atoms with van der Waals surface area (Å²) in [5.74, 6) is -0.0110. The lowest BCUT2D eigenvalue weighted by Crippen LogP contribution is -2.31. The van der Waals surface area contributed by atoms with Crippen LogP contribution in [0.1, 0.15) is 40.6 Å². The second-order valence-corrected chi connectivity index (χ2v) is 8.01. The highest BCUT2D eigenvalue weighted by Gasteiger charge is 2.27. The SMILES string of the molecule is Cc1nc(CN(C(=O)CC2CCc3ccccc32)c2ccc(F)cc2)cs1. The van der Waals surface area contributed by atoms with E-state index in [0.717, 1.165) is 23.5 Å².